The highest BCUT2D eigenvalue weighted by molar-refractivity contribution is 5.75. The van der Waals surface area contributed by atoms with Gasteiger partial charge in [0.2, 0.25) is 0 Å². The summed E-state index contributed by atoms with van der Waals surface area (Å²) in [7, 11) is 0. The first-order valence-electron chi connectivity index (χ1n) is 8.23. The predicted molar refractivity (Wildman–Crippen MR) is 88.5 cm³/mol. The number of aliphatic hydroxyl groups is 1. The van der Waals surface area contributed by atoms with Gasteiger partial charge in [0.15, 0.2) is 0 Å². The van der Waals surface area contributed by atoms with Crippen LogP contribution in [0.2, 0.25) is 0 Å². The molecule has 2 atom stereocenters. The molecule has 0 unspecified atom stereocenters. The average molecular weight is 322 g/mol. The topological polar surface area (TPSA) is 52.6 Å². The lowest BCUT2D eigenvalue weighted by Gasteiger charge is -2.37. The molecule has 1 fully saturated rings. The van der Waals surface area contributed by atoms with Gasteiger partial charge in [0.25, 0.3) is 0 Å². The van der Waals surface area contributed by atoms with Crippen LogP contribution in [0.4, 0.5) is 9.18 Å². The number of piperidine rings is 1. The van der Waals surface area contributed by atoms with Gasteiger partial charge in [-0.3, -0.25) is 0 Å². The van der Waals surface area contributed by atoms with E-state index < -0.39 is 0 Å². The minimum absolute atomic E-state index is 0.108. The Bertz CT molecular complexity index is 542. The summed E-state index contributed by atoms with van der Waals surface area (Å²) in [6.07, 6.45) is 1.85. The summed E-state index contributed by atoms with van der Waals surface area (Å²) in [5.74, 6) is -0.152. The fourth-order valence-corrected chi connectivity index (χ4v) is 3.10. The molecule has 1 aromatic carbocycles. The second-order valence-electron chi connectivity index (χ2n) is 7.44. The molecule has 1 aromatic rings. The van der Waals surface area contributed by atoms with Crippen LogP contribution in [0, 0.1) is 17.2 Å². The van der Waals surface area contributed by atoms with Crippen LogP contribution in [0.15, 0.2) is 24.3 Å². The molecular weight excluding hydrogens is 295 g/mol. The molecule has 1 saturated heterocycles. The third kappa shape index (κ3) is 4.67. The number of amides is 2. The van der Waals surface area contributed by atoms with E-state index >= 15 is 0 Å². The predicted octanol–water partition coefficient (Wildman–Crippen LogP) is 3.33. The Labute approximate surface area is 137 Å². The fourth-order valence-electron chi connectivity index (χ4n) is 3.10. The maximum absolute atomic E-state index is 13.6. The molecule has 0 spiro atoms. The highest BCUT2D eigenvalue weighted by Gasteiger charge is 2.31. The summed E-state index contributed by atoms with van der Waals surface area (Å²) in [6, 6.07) is 5.96. The third-order valence-electron chi connectivity index (χ3n) is 4.38. The summed E-state index contributed by atoms with van der Waals surface area (Å²) in [5.41, 5.74) is 0.525. The third-order valence-corrected chi connectivity index (χ3v) is 4.38. The van der Waals surface area contributed by atoms with Gasteiger partial charge in [-0.15, -0.1) is 0 Å². The standard InChI is InChI=1S/C18H27FN2O2/c1-18(2,3)16(14-7-4-8-15(19)10-14)20-17(23)21-9-5-6-13(11-21)12-22/h4,7-8,10,13,16,22H,5-6,9,11-12H2,1-3H3,(H,20,23)/t13-,16-/m0/s1. The van der Waals surface area contributed by atoms with Crippen molar-refractivity contribution in [1.82, 2.24) is 10.2 Å². The number of hydrogen-bond donors (Lipinski definition) is 2. The van der Waals surface area contributed by atoms with E-state index in [4.69, 9.17) is 0 Å². The second kappa shape index (κ2) is 7.30. The summed E-state index contributed by atoms with van der Waals surface area (Å²) in [6.45, 7) is 7.45. The maximum atomic E-state index is 13.6. The Morgan fingerprint density at radius 2 is 2.22 bits per heavy atom. The van der Waals surface area contributed by atoms with E-state index in [-0.39, 0.29) is 35.8 Å². The number of carbonyl (C=O) groups is 1. The molecule has 1 aliphatic rings. The van der Waals surface area contributed by atoms with Crippen molar-refractivity contribution in [3.05, 3.63) is 35.6 Å². The number of hydrogen-bond acceptors (Lipinski definition) is 2. The quantitative estimate of drug-likeness (QED) is 0.897. The van der Waals surface area contributed by atoms with Crippen LogP contribution < -0.4 is 5.32 Å². The Kier molecular flexibility index (Phi) is 5.63. The van der Waals surface area contributed by atoms with E-state index in [1.807, 2.05) is 26.8 Å². The monoisotopic (exact) mass is 322 g/mol. The van der Waals surface area contributed by atoms with Crippen molar-refractivity contribution >= 4 is 6.03 Å². The van der Waals surface area contributed by atoms with Crippen LogP contribution >= 0.6 is 0 Å². The maximum Gasteiger partial charge on any atom is 0.317 e. The van der Waals surface area contributed by atoms with Crippen molar-refractivity contribution in [2.24, 2.45) is 11.3 Å². The number of carbonyl (C=O) groups excluding carboxylic acids is 1. The van der Waals surface area contributed by atoms with Gasteiger partial charge in [0.1, 0.15) is 5.82 Å². The van der Waals surface area contributed by atoms with Crippen molar-refractivity contribution in [2.45, 2.75) is 39.7 Å². The van der Waals surface area contributed by atoms with E-state index in [2.05, 4.69) is 5.32 Å². The molecule has 0 saturated carbocycles. The first kappa shape index (κ1) is 17.7. The number of benzene rings is 1. The van der Waals surface area contributed by atoms with Crippen molar-refractivity contribution in [3.63, 3.8) is 0 Å². The Morgan fingerprint density at radius 1 is 1.48 bits per heavy atom. The Morgan fingerprint density at radius 3 is 2.83 bits per heavy atom. The van der Waals surface area contributed by atoms with Gasteiger partial charge in [-0.25, -0.2) is 9.18 Å². The molecule has 23 heavy (non-hydrogen) atoms. The van der Waals surface area contributed by atoms with E-state index in [9.17, 15) is 14.3 Å². The van der Waals surface area contributed by atoms with Crippen LogP contribution in [-0.2, 0) is 0 Å². The zero-order valence-electron chi connectivity index (χ0n) is 14.2. The van der Waals surface area contributed by atoms with E-state index in [0.717, 1.165) is 18.4 Å². The number of urea groups is 1. The summed E-state index contributed by atoms with van der Waals surface area (Å²) >= 11 is 0. The zero-order valence-corrected chi connectivity index (χ0v) is 14.2. The molecule has 1 heterocycles. The van der Waals surface area contributed by atoms with Crippen molar-refractivity contribution in [2.75, 3.05) is 19.7 Å². The number of rotatable bonds is 3. The normalized spacial score (nSPS) is 20.2. The molecular formula is C18H27FN2O2. The van der Waals surface area contributed by atoms with Crippen LogP contribution in [0.1, 0.15) is 45.2 Å². The molecule has 0 radical (unpaired) electrons. The minimum Gasteiger partial charge on any atom is -0.396 e. The van der Waals surface area contributed by atoms with Crippen molar-refractivity contribution < 1.29 is 14.3 Å². The Balaban J connectivity index is 2.13. The lowest BCUT2D eigenvalue weighted by molar-refractivity contribution is 0.123. The molecule has 2 amide bonds. The number of nitrogens with one attached hydrogen (secondary N) is 1. The van der Waals surface area contributed by atoms with Crippen molar-refractivity contribution in [3.8, 4) is 0 Å². The average Bonchev–Trinajstić information content (AvgIpc) is 2.51. The van der Waals surface area contributed by atoms with Crippen LogP contribution in [0.25, 0.3) is 0 Å². The van der Waals surface area contributed by atoms with Gasteiger partial charge >= 0.3 is 6.03 Å². The fraction of sp³-hybridized carbons (Fsp3) is 0.611. The molecule has 0 aliphatic carbocycles. The molecule has 1 aliphatic heterocycles. The van der Waals surface area contributed by atoms with Crippen LogP contribution in [-0.4, -0.2) is 35.7 Å². The molecule has 128 valence electrons. The van der Waals surface area contributed by atoms with Gasteiger partial charge in [0.05, 0.1) is 6.04 Å². The van der Waals surface area contributed by atoms with Crippen LogP contribution in [0.5, 0.6) is 0 Å². The summed E-state index contributed by atoms with van der Waals surface area (Å²) < 4.78 is 13.6. The molecule has 0 bridgehead atoms. The van der Waals surface area contributed by atoms with Gasteiger partial charge in [-0.1, -0.05) is 32.9 Å². The highest BCUT2D eigenvalue weighted by atomic mass is 19.1. The first-order valence-corrected chi connectivity index (χ1v) is 8.23. The number of likely N-dealkylation sites (tertiary alicyclic amines) is 1. The molecule has 2 rings (SSSR count). The molecule has 2 N–H and O–H groups in total. The zero-order chi connectivity index (χ0) is 17.0. The number of aliphatic hydroxyl groups excluding tert-OH is 1. The van der Waals surface area contributed by atoms with E-state index in [1.54, 1.807) is 11.0 Å². The first-order chi connectivity index (χ1) is 10.8. The molecule has 0 aromatic heterocycles. The molecule has 5 heteroatoms. The minimum atomic E-state index is -0.302. The van der Waals surface area contributed by atoms with E-state index in [0.29, 0.717) is 13.1 Å². The smallest absolute Gasteiger partial charge is 0.317 e. The van der Waals surface area contributed by atoms with Gasteiger partial charge < -0.3 is 15.3 Å². The number of nitrogens with zero attached hydrogens (tertiary/aromatic N) is 1. The summed E-state index contributed by atoms with van der Waals surface area (Å²) in [4.78, 5) is 14.4. The number of halogens is 1. The van der Waals surface area contributed by atoms with Crippen molar-refractivity contribution in [1.29, 1.82) is 0 Å². The van der Waals surface area contributed by atoms with Crippen LogP contribution in [0.3, 0.4) is 0 Å². The lowest BCUT2D eigenvalue weighted by atomic mass is 9.82. The van der Waals surface area contributed by atoms with E-state index in [1.165, 1.54) is 12.1 Å². The van der Waals surface area contributed by atoms with Gasteiger partial charge in [0, 0.05) is 19.7 Å². The summed E-state index contributed by atoms with van der Waals surface area (Å²) in [5, 5.41) is 12.4. The largest absolute Gasteiger partial charge is 0.396 e. The second-order valence-corrected chi connectivity index (χ2v) is 7.44. The van der Waals surface area contributed by atoms with Gasteiger partial charge in [-0.05, 0) is 41.9 Å². The lowest BCUT2D eigenvalue weighted by Crippen LogP contribution is -2.49. The Hall–Kier alpha value is -1.62. The van der Waals surface area contributed by atoms with Gasteiger partial charge in [-0.2, -0.15) is 0 Å². The highest BCUT2D eigenvalue weighted by Crippen LogP contribution is 2.33. The SMILES string of the molecule is CC(C)(C)[C@@H](NC(=O)N1CCC[C@H](CO)C1)c1cccc(F)c1. The molecule has 4 nitrogen and oxygen atoms in total.